The average Bonchev–Trinajstić information content (AvgIpc) is 2.03. The summed E-state index contributed by atoms with van der Waals surface area (Å²) in [6, 6.07) is 0. The molecule has 0 fully saturated rings. The predicted octanol–water partition coefficient (Wildman–Crippen LogP) is 2.65. The minimum Gasteiger partial charge on any atom is -0.298 e. The molecule has 0 bridgehead atoms. The van der Waals surface area contributed by atoms with E-state index in [0.29, 0.717) is 0 Å². The first-order valence-corrected chi connectivity index (χ1v) is 3.67. The molecule has 1 heteroatoms. The lowest BCUT2D eigenvalue weighted by Crippen LogP contribution is -1.84. The molecule has 0 saturated carbocycles. The van der Waals surface area contributed by atoms with Crippen molar-refractivity contribution in [2.45, 2.75) is 20.8 Å². The normalized spacial score (nSPS) is 14.1. The van der Waals surface area contributed by atoms with Crippen LogP contribution in [0.2, 0.25) is 0 Å². The standard InChI is InChI=1S/C10H14O/c1-4-6-7-9(3)10(5-2)8-11/h4-8H,1-3H3/b6-4-,9-7-,10-5-. The molecule has 1 nitrogen and oxygen atoms in total. The number of hydrogen-bond acceptors (Lipinski definition) is 1. The molecule has 0 aliphatic carbocycles. The van der Waals surface area contributed by atoms with Gasteiger partial charge in [0.25, 0.3) is 0 Å². The Morgan fingerprint density at radius 1 is 1.27 bits per heavy atom. The second kappa shape index (κ2) is 5.66. The largest absolute Gasteiger partial charge is 0.298 e. The van der Waals surface area contributed by atoms with Gasteiger partial charge in [-0.25, -0.2) is 0 Å². The smallest absolute Gasteiger partial charge is 0.149 e. The summed E-state index contributed by atoms with van der Waals surface area (Å²) < 4.78 is 0. The first-order chi connectivity index (χ1) is 5.26. The molecule has 0 heterocycles. The summed E-state index contributed by atoms with van der Waals surface area (Å²) in [5.41, 5.74) is 1.75. The highest BCUT2D eigenvalue weighted by Gasteiger charge is 1.92. The summed E-state index contributed by atoms with van der Waals surface area (Å²) >= 11 is 0. The van der Waals surface area contributed by atoms with Gasteiger partial charge in [0.1, 0.15) is 6.29 Å². The van der Waals surface area contributed by atoms with Crippen LogP contribution in [-0.4, -0.2) is 6.29 Å². The van der Waals surface area contributed by atoms with Crippen LogP contribution in [0, 0.1) is 0 Å². The van der Waals surface area contributed by atoms with Crippen molar-refractivity contribution in [1.82, 2.24) is 0 Å². The Hall–Kier alpha value is -1.11. The van der Waals surface area contributed by atoms with Gasteiger partial charge >= 0.3 is 0 Å². The van der Waals surface area contributed by atoms with E-state index >= 15 is 0 Å². The van der Waals surface area contributed by atoms with Gasteiger partial charge in [-0.1, -0.05) is 24.3 Å². The maximum absolute atomic E-state index is 10.4. The van der Waals surface area contributed by atoms with E-state index in [2.05, 4.69) is 0 Å². The molecule has 0 aromatic heterocycles. The van der Waals surface area contributed by atoms with Crippen LogP contribution in [0.1, 0.15) is 20.8 Å². The Bertz CT molecular complexity index is 207. The second-order valence-electron chi connectivity index (χ2n) is 2.24. The SMILES string of the molecule is C\C=C/C=C(C)\C(C=O)=C/C. The maximum Gasteiger partial charge on any atom is 0.149 e. The Kier molecular flexibility index (Phi) is 5.09. The second-order valence-corrected chi connectivity index (χ2v) is 2.24. The first-order valence-electron chi connectivity index (χ1n) is 3.67. The van der Waals surface area contributed by atoms with Crippen molar-refractivity contribution in [3.05, 3.63) is 35.5 Å². The van der Waals surface area contributed by atoms with E-state index in [-0.39, 0.29) is 0 Å². The third kappa shape index (κ3) is 3.56. The number of aldehydes is 1. The lowest BCUT2D eigenvalue weighted by atomic mass is 10.1. The van der Waals surface area contributed by atoms with Crippen LogP contribution in [0.25, 0.3) is 0 Å². The van der Waals surface area contributed by atoms with Crippen LogP contribution in [0.3, 0.4) is 0 Å². The molecule has 0 spiro atoms. The topological polar surface area (TPSA) is 17.1 Å². The lowest BCUT2D eigenvalue weighted by Gasteiger charge is -1.95. The van der Waals surface area contributed by atoms with Gasteiger partial charge in [-0.3, -0.25) is 4.79 Å². The van der Waals surface area contributed by atoms with Crippen molar-refractivity contribution in [3.63, 3.8) is 0 Å². The maximum atomic E-state index is 10.4. The van der Waals surface area contributed by atoms with Crippen LogP contribution in [0.15, 0.2) is 35.5 Å². The molecule has 0 rings (SSSR count). The van der Waals surface area contributed by atoms with Gasteiger partial charge in [0, 0.05) is 5.57 Å². The summed E-state index contributed by atoms with van der Waals surface area (Å²) in [5.74, 6) is 0. The molecule has 0 aliphatic rings. The summed E-state index contributed by atoms with van der Waals surface area (Å²) in [5, 5.41) is 0. The van der Waals surface area contributed by atoms with E-state index in [9.17, 15) is 4.79 Å². The summed E-state index contributed by atoms with van der Waals surface area (Å²) in [4.78, 5) is 10.4. The summed E-state index contributed by atoms with van der Waals surface area (Å²) in [7, 11) is 0. The van der Waals surface area contributed by atoms with Crippen LogP contribution in [0.4, 0.5) is 0 Å². The van der Waals surface area contributed by atoms with Crippen molar-refractivity contribution in [3.8, 4) is 0 Å². The zero-order valence-corrected chi connectivity index (χ0v) is 7.29. The molecule has 0 aromatic carbocycles. The highest BCUT2D eigenvalue weighted by molar-refractivity contribution is 5.79. The van der Waals surface area contributed by atoms with Gasteiger partial charge in [0.15, 0.2) is 0 Å². The molecular formula is C10H14O. The van der Waals surface area contributed by atoms with Gasteiger partial charge < -0.3 is 0 Å². The highest BCUT2D eigenvalue weighted by Crippen LogP contribution is 2.05. The Morgan fingerprint density at radius 3 is 2.27 bits per heavy atom. The van der Waals surface area contributed by atoms with E-state index in [0.717, 1.165) is 17.4 Å². The Labute approximate surface area is 68.1 Å². The molecule has 0 aliphatic heterocycles. The number of rotatable bonds is 3. The predicted molar refractivity (Wildman–Crippen MR) is 48.4 cm³/mol. The van der Waals surface area contributed by atoms with Crippen molar-refractivity contribution >= 4 is 6.29 Å². The monoisotopic (exact) mass is 150 g/mol. The lowest BCUT2D eigenvalue weighted by molar-refractivity contribution is -0.104. The van der Waals surface area contributed by atoms with E-state index in [1.54, 1.807) is 0 Å². The molecule has 0 unspecified atom stereocenters. The molecule has 0 amide bonds. The molecule has 0 atom stereocenters. The average molecular weight is 150 g/mol. The Balaban J connectivity index is 4.44. The molecule has 60 valence electrons. The number of carbonyl (C=O) groups is 1. The van der Waals surface area contributed by atoms with Gasteiger partial charge in [-0.15, -0.1) is 0 Å². The molecule has 0 N–H and O–H groups in total. The number of hydrogen-bond donors (Lipinski definition) is 0. The first kappa shape index (κ1) is 9.89. The quantitative estimate of drug-likeness (QED) is 0.343. The van der Waals surface area contributed by atoms with Crippen molar-refractivity contribution in [2.24, 2.45) is 0 Å². The zero-order chi connectivity index (χ0) is 8.69. The third-order valence-corrected chi connectivity index (χ3v) is 1.43. The fraction of sp³-hybridized carbons (Fsp3) is 0.300. The van der Waals surface area contributed by atoms with Gasteiger partial charge in [0.2, 0.25) is 0 Å². The van der Waals surface area contributed by atoms with Crippen LogP contribution in [0.5, 0.6) is 0 Å². The minimum absolute atomic E-state index is 0.753. The van der Waals surface area contributed by atoms with E-state index in [4.69, 9.17) is 0 Å². The highest BCUT2D eigenvalue weighted by atomic mass is 16.1. The molecule has 0 saturated heterocycles. The summed E-state index contributed by atoms with van der Waals surface area (Å²) in [6.07, 6.45) is 8.45. The molecule has 11 heavy (non-hydrogen) atoms. The van der Waals surface area contributed by atoms with E-state index in [1.165, 1.54) is 0 Å². The van der Waals surface area contributed by atoms with Crippen molar-refractivity contribution < 1.29 is 4.79 Å². The minimum atomic E-state index is 0.753. The van der Waals surface area contributed by atoms with E-state index in [1.807, 2.05) is 45.1 Å². The number of allylic oxidation sites excluding steroid dienone is 6. The van der Waals surface area contributed by atoms with Gasteiger partial charge in [0.05, 0.1) is 0 Å². The van der Waals surface area contributed by atoms with Gasteiger partial charge in [-0.05, 0) is 26.3 Å². The number of carbonyl (C=O) groups excluding carboxylic acids is 1. The van der Waals surface area contributed by atoms with E-state index < -0.39 is 0 Å². The molecule has 0 aromatic rings. The van der Waals surface area contributed by atoms with Crippen LogP contribution >= 0.6 is 0 Å². The van der Waals surface area contributed by atoms with Crippen molar-refractivity contribution in [1.29, 1.82) is 0 Å². The molecular weight excluding hydrogens is 136 g/mol. The fourth-order valence-corrected chi connectivity index (χ4v) is 0.725. The fourth-order valence-electron chi connectivity index (χ4n) is 0.725. The third-order valence-electron chi connectivity index (χ3n) is 1.43. The molecule has 0 radical (unpaired) electrons. The van der Waals surface area contributed by atoms with Crippen LogP contribution < -0.4 is 0 Å². The zero-order valence-electron chi connectivity index (χ0n) is 7.29. The Morgan fingerprint density at radius 2 is 1.91 bits per heavy atom. The summed E-state index contributed by atoms with van der Waals surface area (Å²) in [6.45, 7) is 5.72. The van der Waals surface area contributed by atoms with Crippen molar-refractivity contribution in [2.75, 3.05) is 0 Å². The van der Waals surface area contributed by atoms with Crippen LogP contribution in [-0.2, 0) is 4.79 Å². The van der Waals surface area contributed by atoms with Gasteiger partial charge in [-0.2, -0.15) is 0 Å².